The van der Waals surface area contributed by atoms with Crippen LogP contribution in [0.25, 0.3) is 0 Å². The van der Waals surface area contributed by atoms with Gasteiger partial charge in [-0.1, -0.05) is 85.5 Å². The Morgan fingerprint density at radius 1 is 0.676 bits per heavy atom. The van der Waals surface area contributed by atoms with Crippen molar-refractivity contribution >= 4 is 0 Å². The van der Waals surface area contributed by atoms with Gasteiger partial charge in [-0.3, -0.25) is 0 Å². The van der Waals surface area contributed by atoms with E-state index in [0.29, 0.717) is 6.61 Å². The molecule has 0 aliphatic heterocycles. The minimum atomic E-state index is 0.388. The molecular formula is C33H62O. The molecule has 0 aromatic rings. The molecular weight excluding hydrogens is 412 g/mol. The molecule has 7 unspecified atom stereocenters. The van der Waals surface area contributed by atoms with E-state index in [0.717, 1.165) is 59.7 Å². The predicted octanol–water partition coefficient (Wildman–Crippen LogP) is 10.1. The summed E-state index contributed by atoms with van der Waals surface area (Å²) in [5, 5.41) is 9.26. The maximum absolute atomic E-state index is 9.26. The molecule has 34 heavy (non-hydrogen) atoms. The van der Waals surface area contributed by atoms with Crippen molar-refractivity contribution in [3.05, 3.63) is 0 Å². The van der Waals surface area contributed by atoms with Gasteiger partial charge in [-0.15, -0.1) is 0 Å². The van der Waals surface area contributed by atoms with E-state index in [4.69, 9.17) is 0 Å². The Balaban J connectivity index is 1.47. The van der Waals surface area contributed by atoms with Crippen molar-refractivity contribution in [1.29, 1.82) is 0 Å². The van der Waals surface area contributed by atoms with Crippen LogP contribution in [0.2, 0.25) is 0 Å². The van der Waals surface area contributed by atoms with Crippen LogP contribution in [0, 0.1) is 53.3 Å². The van der Waals surface area contributed by atoms with E-state index in [1.165, 1.54) is 70.6 Å². The largest absolute Gasteiger partial charge is 0.396 e. The van der Waals surface area contributed by atoms with E-state index in [2.05, 4.69) is 27.7 Å². The molecule has 3 saturated carbocycles. The molecule has 0 aromatic heterocycles. The highest BCUT2D eigenvalue weighted by atomic mass is 16.2. The average molecular weight is 475 g/mol. The number of unbranched alkanes of at least 4 members (excludes halogenated alkanes) is 1. The maximum atomic E-state index is 9.26. The van der Waals surface area contributed by atoms with Crippen molar-refractivity contribution in [1.82, 2.24) is 0 Å². The van der Waals surface area contributed by atoms with Crippen molar-refractivity contribution in [3.8, 4) is 0 Å². The molecule has 0 amide bonds. The van der Waals surface area contributed by atoms with Crippen LogP contribution in [0.15, 0.2) is 0 Å². The summed E-state index contributed by atoms with van der Waals surface area (Å²) in [5.41, 5.74) is 0. The van der Waals surface area contributed by atoms with Crippen molar-refractivity contribution in [2.24, 2.45) is 53.3 Å². The first-order valence-electron chi connectivity index (χ1n) is 16.2. The van der Waals surface area contributed by atoms with Crippen LogP contribution in [0.1, 0.15) is 150 Å². The first kappa shape index (κ1) is 28.5. The Morgan fingerprint density at radius 3 is 1.94 bits per heavy atom. The van der Waals surface area contributed by atoms with Crippen LogP contribution >= 0.6 is 0 Å². The van der Waals surface area contributed by atoms with Crippen LogP contribution in [0.3, 0.4) is 0 Å². The molecule has 7 atom stereocenters. The van der Waals surface area contributed by atoms with E-state index >= 15 is 0 Å². The fourth-order valence-corrected chi connectivity index (χ4v) is 9.22. The SMILES string of the molecule is CCCCC(CC)CC1CCC(C2CCC(C3CCC(CCCO)CC3CC)CC2CC)CC1. The van der Waals surface area contributed by atoms with Gasteiger partial charge in [0.25, 0.3) is 0 Å². The lowest BCUT2D eigenvalue weighted by Crippen LogP contribution is -2.38. The van der Waals surface area contributed by atoms with E-state index in [9.17, 15) is 5.11 Å². The normalized spacial score (nSPS) is 38.0. The van der Waals surface area contributed by atoms with Gasteiger partial charge in [-0.2, -0.15) is 0 Å². The molecule has 1 N–H and O–H groups in total. The second-order valence-corrected chi connectivity index (χ2v) is 13.2. The first-order chi connectivity index (χ1) is 16.6. The molecule has 0 bridgehead atoms. The summed E-state index contributed by atoms with van der Waals surface area (Å²) in [6.45, 7) is 10.1. The van der Waals surface area contributed by atoms with Crippen LogP contribution in [-0.2, 0) is 0 Å². The van der Waals surface area contributed by atoms with Crippen molar-refractivity contribution in [3.63, 3.8) is 0 Å². The standard InChI is InChI=1S/C33H62O/c1-5-9-11-25(6-2)22-27-13-16-30(17-14-27)32-20-18-31(24-29(32)8-4)33-19-15-26(12-10-21-34)23-28(33)7-3/h25-34H,5-24H2,1-4H3. The lowest BCUT2D eigenvalue weighted by atomic mass is 9.58. The number of aliphatic hydroxyl groups excluding tert-OH is 1. The minimum Gasteiger partial charge on any atom is -0.396 e. The van der Waals surface area contributed by atoms with Crippen molar-refractivity contribution in [2.45, 2.75) is 150 Å². The van der Waals surface area contributed by atoms with Crippen molar-refractivity contribution < 1.29 is 5.11 Å². The molecule has 200 valence electrons. The van der Waals surface area contributed by atoms with Crippen molar-refractivity contribution in [2.75, 3.05) is 6.61 Å². The Kier molecular flexibility index (Phi) is 12.8. The topological polar surface area (TPSA) is 20.2 Å². The maximum Gasteiger partial charge on any atom is 0.0431 e. The third-order valence-corrected chi connectivity index (χ3v) is 11.4. The number of rotatable bonds is 13. The summed E-state index contributed by atoms with van der Waals surface area (Å²) >= 11 is 0. The number of hydrogen-bond acceptors (Lipinski definition) is 1. The molecule has 1 nitrogen and oxygen atoms in total. The average Bonchev–Trinajstić information content (AvgIpc) is 2.89. The lowest BCUT2D eigenvalue weighted by molar-refractivity contribution is 0.0276. The fourth-order valence-electron chi connectivity index (χ4n) is 9.22. The second-order valence-electron chi connectivity index (χ2n) is 13.2. The van der Waals surface area contributed by atoms with Crippen LogP contribution in [0.5, 0.6) is 0 Å². The minimum absolute atomic E-state index is 0.388. The van der Waals surface area contributed by atoms with Gasteiger partial charge < -0.3 is 5.11 Å². The molecule has 0 saturated heterocycles. The summed E-state index contributed by atoms with van der Waals surface area (Å²) in [5.74, 6) is 9.05. The summed E-state index contributed by atoms with van der Waals surface area (Å²) in [6, 6.07) is 0. The van der Waals surface area contributed by atoms with E-state index in [1.54, 1.807) is 44.9 Å². The Hall–Kier alpha value is -0.0400. The zero-order valence-corrected chi connectivity index (χ0v) is 23.8. The summed E-state index contributed by atoms with van der Waals surface area (Å²) in [4.78, 5) is 0. The van der Waals surface area contributed by atoms with Gasteiger partial charge in [0.05, 0.1) is 0 Å². The van der Waals surface area contributed by atoms with Gasteiger partial charge in [0.1, 0.15) is 0 Å². The van der Waals surface area contributed by atoms with Gasteiger partial charge in [0, 0.05) is 6.61 Å². The molecule has 0 aromatic carbocycles. The summed E-state index contributed by atoms with van der Waals surface area (Å²) in [6.07, 6.45) is 27.6. The molecule has 3 fully saturated rings. The molecule has 0 heterocycles. The molecule has 3 aliphatic rings. The highest BCUT2D eigenvalue weighted by Crippen LogP contribution is 2.51. The number of hydrogen-bond donors (Lipinski definition) is 1. The summed E-state index contributed by atoms with van der Waals surface area (Å²) in [7, 11) is 0. The van der Waals surface area contributed by atoms with Gasteiger partial charge >= 0.3 is 0 Å². The highest BCUT2D eigenvalue weighted by molar-refractivity contribution is 4.91. The first-order valence-corrected chi connectivity index (χ1v) is 16.2. The zero-order valence-electron chi connectivity index (χ0n) is 23.8. The summed E-state index contributed by atoms with van der Waals surface area (Å²) < 4.78 is 0. The number of aliphatic hydroxyl groups is 1. The predicted molar refractivity (Wildman–Crippen MR) is 149 cm³/mol. The Morgan fingerprint density at radius 2 is 1.29 bits per heavy atom. The van der Waals surface area contributed by atoms with E-state index in [1.807, 2.05) is 0 Å². The third kappa shape index (κ3) is 7.98. The molecule has 3 rings (SSSR count). The highest BCUT2D eigenvalue weighted by Gasteiger charge is 2.41. The van der Waals surface area contributed by atoms with Crippen LogP contribution in [0.4, 0.5) is 0 Å². The van der Waals surface area contributed by atoms with Crippen LogP contribution < -0.4 is 0 Å². The monoisotopic (exact) mass is 474 g/mol. The Labute approximate surface area is 214 Å². The Bertz CT molecular complexity index is 521. The van der Waals surface area contributed by atoms with Gasteiger partial charge in [0.15, 0.2) is 0 Å². The third-order valence-electron chi connectivity index (χ3n) is 11.4. The molecule has 1 heteroatoms. The molecule has 0 radical (unpaired) electrons. The zero-order chi connectivity index (χ0) is 24.3. The molecule has 3 aliphatic carbocycles. The second kappa shape index (κ2) is 15.3. The lowest BCUT2D eigenvalue weighted by Gasteiger charge is -2.48. The van der Waals surface area contributed by atoms with Gasteiger partial charge in [0.2, 0.25) is 0 Å². The van der Waals surface area contributed by atoms with Gasteiger partial charge in [-0.05, 0) is 117 Å². The van der Waals surface area contributed by atoms with E-state index < -0.39 is 0 Å². The molecule has 0 spiro atoms. The smallest absolute Gasteiger partial charge is 0.0431 e. The van der Waals surface area contributed by atoms with Gasteiger partial charge in [-0.25, -0.2) is 0 Å². The fraction of sp³-hybridized carbons (Fsp3) is 1.00. The quantitative estimate of drug-likeness (QED) is 0.281. The van der Waals surface area contributed by atoms with Crippen LogP contribution in [-0.4, -0.2) is 11.7 Å². The van der Waals surface area contributed by atoms with E-state index in [-0.39, 0.29) is 0 Å².